The second-order valence-electron chi connectivity index (χ2n) is 7.98. The average molecular weight is 535 g/mol. The zero-order chi connectivity index (χ0) is 27.0. The smallest absolute Gasteiger partial charge is 0.321 e. The Kier molecular flexibility index (Phi) is 8.39. The number of anilines is 2. The highest BCUT2D eigenvalue weighted by Gasteiger charge is 2.17. The van der Waals surface area contributed by atoms with Crippen molar-refractivity contribution in [3.05, 3.63) is 96.1 Å². The fourth-order valence-corrected chi connectivity index (χ4v) is 4.42. The Hall–Kier alpha value is -4.64. The van der Waals surface area contributed by atoms with Crippen molar-refractivity contribution in [2.24, 2.45) is 0 Å². The summed E-state index contributed by atoms with van der Waals surface area (Å²) < 4.78 is 43.8. The van der Waals surface area contributed by atoms with Crippen molar-refractivity contribution in [3.63, 3.8) is 0 Å². The van der Waals surface area contributed by atoms with Crippen LogP contribution in [0.25, 0.3) is 0 Å². The first-order chi connectivity index (χ1) is 18.4. The summed E-state index contributed by atoms with van der Waals surface area (Å²) in [7, 11) is -1.23. The van der Waals surface area contributed by atoms with Gasteiger partial charge in [0.2, 0.25) is 5.88 Å². The molecule has 38 heavy (non-hydrogen) atoms. The molecule has 0 unspecified atom stereocenters. The molecule has 0 aliphatic rings. The Morgan fingerprint density at radius 1 is 0.868 bits per heavy atom. The van der Waals surface area contributed by atoms with Crippen LogP contribution in [0.5, 0.6) is 17.6 Å². The van der Waals surface area contributed by atoms with Crippen LogP contribution in [0.2, 0.25) is 0 Å². The Labute approximate surface area is 220 Å². The monoisotopic (exact) mass is 534 g/mol. The second kappa shape index (κ2) is 12.1. The van der Waals surface area contributed by atoms with Crippen LogP contribution >= 0.6 is 0 Å². The SMILES string of the molecule is COc1cc(NS(=O)(=O)c2ccc(NC(=O)c3cccc(OCCc4ccccc4)c3)cc2)nc(OC)n1. The van der Waals surface area contributed by atoms with Gasteiger partial charge in [-0.25, -0.2) is 8.42 Å². The van der Waals surface area contributed by atoms with Gasteiger partial charge in [0, 0.05) is 23.7 Å². The Balaban J connectivity index is 1.38. The number of carbonyl (C=O) groups excluding carboxylic acids is 1. The van der Waals surface area contributed by atoms with E-state index in [-0.39, 0.29) is 28.5 Å². The molecule has 3 aromatic carbocycles. The Bertz CT molecular complexity index is 1470. The topological polar surface area (TPSA) is 129 Å². The number of rotatable bonds is 11. The minimum atomic E-state index is -3.98. The van der Waals surface area contributed by atoms with Gasteiger partial charge in [-0.3, -0.25) is 9.52 Å². The quantitative estimate of drug-likeness (QED) is 0.293. The average Bonchev–Trinajstić information content (AvgIpc) is 2.93. The Morgan fingerprint density at radius 2 is 1.63 bits per heavy atom. The normalized spacial score (nSPS) is 10.9. The van der Waals surface area contributed by atoms with Gasteiger partial charge in [-0.15, -0.1) is 0 Å². The van der Waals surface area contributed by atoms with Crippen molar-refractivity contribution in [2.45, 2.75) is 11.3 Å². The van der Waals surface area contributed by atoms with E-state index in [1.54, 1.807) is 24.3 Å². The van der Waals surface area contributed by atoms with Crippen LogP contribution in [0.4, 0.5) is 11.5 Å². The number of hydrogen-bond acceptors (Lipinski definition) is 8. The minimum Gasteiger partial charge on any atom is -0.493 e. The predicted molar refractivity (Wildman–Crippen MR) is 142 cm³/mol. The van der Waals surface area contributed by atoms with E-state index in [0.717, 1.165) is 6.42 Å². The van der Waals surface area contributed by atoms with E-state index in [0.29, 0.717) is 23.6 Å². The fourth-order valence-electron chi connectivity index (χ4n) is 3.43. The van der Waals surface area contributed by atoms with E-state index in [2.05, 4.69) is 20.0 Å². The third-order valence-electron chi connectivity index (χ3n) is 5.33. The third-order valence-corrected chi connectivity index (χ3v) is 6.70. The van der Waals surface area contributed by atoms with Gasteiger partial charge in [-0.2, -0.15) is 9.97 Å². The van der Waals surface area contributed by atoms with E-state index < -0.39 is 10.0 Å². The van der Waals surface area contributed by atoms with E-state index in [9.17, 15) is 13.2 Å². The van der Waals surface area contributed by atoms with Crippen molar-refractivity contribution >= 4 is 27.4 Å². The molecule has 0 saturated carbocycles. The largest absolute Gasteiger partial charge is 0.493 e. The zero-order valence-corrected chi connectivity index (χ0v) is 21.6. The van der Waals surface area contributed by atoms with Crippen molar-refractivity contribution in [2.75, 3.05) is 30.9 Å². The number of sulfonamides is 1. The number of methoxy groups -OCH3 is 2. The van der Waals surface area contributed by atoms with E-state index >= 15 is 0 Å². The number of nitrogens with zero attached hydrogens (tertiary/aromatic N) is 2. The van der Waals surface area contributed by atoms with Gasteiger partial charge >= 0.3 is 6.01 Å². The lowest BCUT2D eigenvalue weighted by atomic mass is 10.1. The molecule has 4 aromatic rings. The highest BCUT2D eigenvalue weighted by atomic mass is 32.2. The zero-order valence-electron chi connectivity index (χ0n) is 20.7. The van der Waals surface area contributed by atoms with Crippen LogP contribution in [0, 0.1) is 0 Å². The highest BCUT2D eigenvalue weighted by Crippen LogP contribution is 2.22. The molecule has 0 fully saturated rings. The van der Waals surface area contributed by atoms with Gasteiger partial charge in [-0.05, 0) is 48.0 Å². The van der Waals surface area contributed by atoms with E-state index in [1.807, 2.05) is 30.3 Å². The molecule has 4 rings (SSSR count). The fraction of sp³-hybridized carbons (Fsp3) is 0.148. The summed E-state index contributed by atoms with van der Waals surface area (Å²) in [6.07, 6.45) is 0.750. The summed E-state index contributed by atoms with van der Waals surface area (Å²) in [6.45, 7) is 0.480. The van der Waals surface area contributed by atoms with Crippen LogP contribution in [0.1, 0.15) is 15.9 Å². The number of nitrogens with one attached hydrogen (secondary N) is 2. The van der Waals surface area contributed by atoms with Crippen molar-refractivity contribution in [1.29, 1.82) is 0 Å². The molecule has 10 nitrogen and oxygen atoms in total. The standard InChI is InChI=1S/C27H26N4O6S/c1-35-25-18-24(29-27(30-25)36-2)31-38(33,34)23-13-11-21(12-14-23)28-26(32)20-9-6-10-22(17-20)37-16-15-19-7-4-3-5-8-19/h3-14,17-18H,15-16H2,1-2H3,(H,28,32)(H,29,30,31). The molecule has 0 aliphatic heterocycles. The van der Waals surface area contributed by atoms with Gasteiger partial charge in [0.15, 0.2) is 5.82 Å². The van der Waals surface area contributed by atoms with Crippen LogP contribution in [0.15, 0.2) is 89.8 Å². The molecule has 0 aliphatic carbocycles. The van der Waals surface area contributed by atoms with Gasteiger partial charge in [-0.1, -0.05) is 36.4 Å². The van der Waals surface area contributed by atoms with E-state index in [1.165, 1.54) is 50.1 Å². The first-order valence-electron chi connectivity index (χ1n) is 11.5. The number of hydrogen-bond donors (Lipinski definition) is 2. The maximum Gasteiger partial charge on any atom is 0.321 e. The number of aromatic nitrogens is 2. The molecule has 2 N–H and O–H groups in total. The first kappa shape index (κ1) is 26.4. The van der Waals surface area contributed by atoms with Gasteiger partial charge < -0.3 is 19.5 Å². The number of carbonyl (C=O) groups is 1. The molecule has 0 spiro atoms. The molecule has 0 radical (unpaired) electrons. The van der Waals surface area contributed by atoms with Crippen LogP contribution in [-0.4, -0.2) is 45.1 Å². The molecular weight excluding hydrogens is 508 g/mol. The molecule has 1 aromatic heterocycles. The number of ether oxygens (including phenoxy) is 3. The highest BCUT2D eigenvalue weighted by molar-refractivity contribution is 7.92. The summed E-state index contributed by atoms with van der Waals surface area (Å²) in [6, 6.07) is 23.9. The van der Waals surface area contributed by atoms with Crippen molar-refractivity contribution in [3.8, 4) is 17.6 Å². The molecule has 0 atom stereocenters. The third kappa shape index (κ3) is 6.98. The number of amides is 1. The van der Waals surface area contributed by atoms with Crippen molar-refractivity contribution < 1.29 is 27.4 Å². The van der Waals surface area contributed by atoms with Gasteiger partial charge in [0.05, 0.1) is 25.7 Å². The summed E-state index contributed by atoms with van der Waals surface area (Å²) in [4.78, 5) is 20.6. The second-order valence-corrected chi connectivity index (χ2v) is 9.66. The molecular formula is C27H26N4O6S. The van der Waals surface area contributed by atoms with Crippen LogP contribution in [0.3, 0.4) is 0 Å². The first-order valence-corrected chi connectivity index (χ1v) is 13.0. The molecule has 1 heterocycles. The maximum atomic E-state index is 12.8. The molecule has 196 valence electrons. The predicted octanol–water partition coefficient (Wildman–Crippen LogP) is 4.17. The van der Waals surface area contributed by atoms with E-state index in [4.69, 9.17) is 14.2 Å². The van der Waals surface area contributed by atoms with Crippen LogP contribution < -0.4 is 24.2 Å². The summed E-state index contributed by atoms with van der Waals surface area (Å²) in [5, 5.41) is 2.76. The van der Waals surface area contributed by atoms with Crippen LogP contribution in [-0.2, 0) is 16.4 Å². The molecule has 11 heteroatoms. The van der Waals surface area contributed by atoms with Gasteiger partial charge in [0.1, 0.15) is 5.75 Å². The lowest BCUT2D eigenvalue weighted by molar-refractivity contribution is 0.102. The maximum absolute atomic E-state index is 12.8. The molecule has 0 bridgehead atoms. The summed E-state index contributed by atoms with van der Waals surface area (Å²) in [5.41, 5.74) is 2.00. The minimum absolute atomic E-state index is 0.0167. The summed E-state index contributed by atoms with van der Waals surface area (Å²) in [5.74, 6) is 0.349. The Morgan fingerprint density at radius 3 is 2.34 bits per heavy atom. The lowest BCUT2D eigenvalue weighted by Gasteiger charge is -2.11. The van der Waals surface area contributed by atoms with Gasteiger partial charge in [0.25, 0.3) is 15.9 Å². The molecule has 1 amide bonds. The number of benzene rings is 3. The van der Waals surface area contributed by atoms with Crippen molar-refractivity contribution in [1.82, 2.24) is 9.97 Å². The summed E-state index contributed by atoms with van der Waals surface area (Å²) >= 11 is 0. The lowest BCUT2D eigenvalue weighted by Crippen LogP contribution is -2.15. The molecule has 0 saturated heterocycles.